The van der Waals surface area contributed by atoms with Crippen LogP contribution in [0.25, 0.3) is 0 Å². The highest BCUT2D eigenvalue weighted by Crippen LogP contribution is 2.02. The van der Waals surface area contributed by atoms with Gasteiger partial charge in [0.05, 0.1) is 0 Å². The van der Waals surface area contributed by atoms with Crippen LogP contribution in [0.15, 0.2) is 0 Å². The van der Waals surface area contributed by atoms with Crippen LogP contribution in [0.1, 0.15) is 19.8 Å². The minimum atomic E-state index is -3.18. The van der Waals surface area contributed by atoms with E-state index < -0.39 is 10.2 Å². The van der Waals surface area contributed by atoms with Gasteiger partial charge in [0, 0.05) is 27.7 Å². The van der Waals surface area contributed by atoms with Crippen LogP contribution in [-0.4, -0.2) is 44.7 Å². The molecule has 4 nitrogen and oxygen atoms in total. The summed E-state index contributed by atoms with van der Waals surface area (Å²) in [5.41, 5.74) is 0. The van der Waals surface area contributed by atoms with Gasteiger partial charge in [-0.3, -0.25) is 0 Å². The van der Waals surface area contributed by atoms with Crippen molar-refractivity contribution in [3.63, 3.8) is 0 Å². The molecule has 74 valence electrons. The Hall–Kier alpha value is -0.130. The predicted octanol–water partition coefficient (Wildman–Crippen LogP) is 0.525. The van der Waals surface area contributed by atoms with Gasteiger partial charge in [-0.15, -0.1) is 0 Å². The summed E-state index contributed by atoms with van der Waals surface area (Å²) in [5, 5.41) is 0. The van der Waals surface area contributed by atoms with Gasteiger partial charge in [-0.1, -0.05) is 13.3 Å². The lowest BCUT2D eigenvalue weighted by Crippen LogP contribution is -2.37. The maximum atomic E-state index is 11.4. The minimum absolute atomic E-state index is 0.594. The first-order chi connectivity index (χ1) is 5.42. The molecule has 0 amide bonds. The number of nitrogens with zero attached hydrogens (tertiary/aromatic N) is 2. The summed E-state index contributed by atoms with van der Waals surface area (Å²) < 4.78 is 25.4. The second kappa shape index (κ2) is 4.79. The van der Waals surface area contributed by atoms with Crippen molar-refractivity contribution in [2.45, 2.75) is 19.8 Å². The molecule has 0 rings (SSSR count). The third-order valence-electron chi connectivity index (χ3n) is 1.68. The summed E-state index contributed by atoms with van der Waals surface area (Å²) in [6.07, 6.45) is 1.91. The summed E-state index contributed by atoms with van der Waals surface area (Å²) in [6.45, 7) is 2.63. The van der Waals surface area contributed by atoms with Crippen LogP contribution in [0.3, 0.4) is 0 Å². The fraction of sp³-hybridized carbons (Fsp3) is 1.00. The molecule has 0 spiro atoms. The lowest BCUT2D eigenvalue weighted by atomic mass is 10.3. The van der Waals surface area contributed by atoms with Crippen molar-refractivity contribution in [2.75, 3.05) is 27.7 Å². The molecule has 5 heteroatoms. The Labute approximate surface area is 75.3 Å². The molecule has 0 radical (unpaired) electrons. The van der Waals surface area contributed by atoms with Crippen molar-refractivity contribution in [3.05, 3.63) is 0 Å². The maximum Gasteiger partial charge on any atom is 0.281 e. The van der Waals surface area contributed by atoms with Crippen molar-refractivity contribution in [1.29, 1.82) is 0 Å². The topological polar surface area (TPSA) is 40.6 Å². The number of hydrogen-bond acceptors (Lipinski definition) is 2. The Morgan fingerprint density at radius 3 is 2.00 bits per heavy atom. The van der Waals surface area contributed by atoms with E-state index in [4.69, 9.17) is 0 Å². The van der Waals surface area contributed by atoms with Gasteiger partial charge in [0.15, 0.2) is 0 Å². The third kappa shape index (κ3) is 3.08. The van der Waals surface area contributed by atoms with E-state index in [0.717, 1.165) is 12.8 Å². The number of hydrogen-bond donors (Lipinski definition) is 0. The van der Waals surface area contributed by atoms with Crippen LogP contribution in [0.2, 0.25) is 0 Å². The van der Waals surface area contributed by atoms with E-state index in [1.54, 1.807) is 7.05 Å². The van der Waals surface area contributed by atoms with Crippen molar-refractivity contribution in [2.24, 2.45) is 0 Å². The van der Waals surface area contributed by atoms with E-state index in [1.807, 2.05) is 6.92 Å². The Morgan fingerprint density at radius 1 is 1.17 bits per heavy atom. The highest BCUT2D eigenvalue weighted by Gasteiger charge is 2.18. The number of unbranched alkanes of at least 4 members (excludes halogenated alkanes) is 1. The van der Waals surface area contributed by atoms with Gasteiger partial charge in [0.25, 0.3) is 10.2 Å². The molecule has 0 fully saturated rings. The normalized spacial score (nSPS) is 12.8. The molecule has 0 unspecified atom stereocenters. The Morgan fingerprint density at radius 2 is 1.67 bits per heavy atom. The predicted molar refractivity (Wildman–Crippen MR) is 50.1 cm³/mol. The van der Waals surface area contributed by atoms with Crippen molar-refractivity contribution < 1.29 is 8.42 Å². The number of rotatable bonds is 5. The van der Waals surface area contributed by atoms with Gasteiger partial charge in [-0.2, -0.15) is 17.0 Å². The van der Waals surface area contributed by atoms with Crippen molar-refractivity contribution >= 4 is 10.2 Å². The Balaban J connectivity index is 4.17. The molecule has 0 aromatic carbocycles. The molecule has 12 heavy (non-hydrogen) atoms. The monoisotopic (exact) mass is 194 g/mol. The van der Waals surface area contributed by atoms with Gasteiger partial charge in [-0.05, 0) is 6.42 Å². The largest absolute Gasteiger partial charge is 0.281 e. The molecule has 0 aromatic rings. The molecule has 0 aliphatic heterocycles. The lowest BCUT2D eigenvalue weighted by molar-refractivity contribution is 0.411. The molecule has 0 aromatic heterocycles. The molecule has 0 heterocycles. The SMILES string of the molecule is CCCCN(C)S(=O)(=O)N(C)C. The Bertz CT molecular complexity index is 211. The first kappa shape index (κ1) is 11.9. The second-order valence-corrected chi connectivity index (χ2v) is 5.21. The highest BCUT2D eigenvalue weighted by molar-refractivity contribution is 7.86. The smallest absolute Gasteiger partial charge is 0.195 e. The van der Waals surface area contributed by atoms with Crippen molar-refractivity contribution in [3.8, 4) is 0 Å². The van der Waals surface area contributed by atoms with E-state index in [1.165, 1.54) is 22.7 Å². The summed E-state index contributed by atoms with van der Waals surface area (Å²) >= 11 is 0. The zero-order chi connectivity index (χ0) is 9.78. The summed E-state index contributed by atoms with van der Waals surface area (Å²) in [7, 11) is 1.50. The molecule has 0 aliphatic carbocycles. The first-order valence-corrected chi connectivity index (χ1v) is 5.46. The molecule has 0 saturated heterocycles. The van der Waals surface area contributed by atoms with E-state index in [2.05, 4.69) is 0 Å². The molecule has 0 atom stereocenters. The van der Waals surface area contributed by atoms with Gasteiger partial charge in [-0.25, -0.2) is 0 Å². The zero-order valence-corrected chi connectivity index (χ0v) is 9.06. The average Bonchev–Trinajstić information content (AvgIpc) is 1.99. The van der Waals surface area contributed by atoms with E-state index in [0.29, 0.717) is 6.54 Å². The summed E-state index contributed by atoms with van der Waals surface area (Å²) in [5.74, 6) is 0. The average molecular weight is 194 g/mol. The summed E-state index contributed by atoms with van der Waals surface area (Å²) in [6, 6.07) is 0. The van der Waals surface area contributed by atoms with Crippen LogP contribution >= 0.6 is 0 Å². The van der Waals surface area contributed by atoms with Gasteiger partial charge in [0.1, 0.15) is 0 Å². The van der Waals surface area contributed by atoms with Gasteiger partial charge in [0.2, 0.25) is 0 Å². The summed E-state index contributed by atoms with van der Waals surface area (Å²) in [4.78, 5) is 0. The standard InChI is InChI=1S/C7H18N2O2S/c1-5-6-7-9(4)12(10,11)8(2)3/h5-7H2,1-4H3. The van der Waals surface area contributed by atoms with E-state index >= 15 is 0 Å². The molecule has 0 saturated carbocycles. The first-order valence-electron chi connectivity index (χ1n) is 4.06. The molecule has 0 N–H and O–H groups in total. The fourth-order valence-corrected chi connectivity index (χ4v) is 1.69. The maximum absolute atomic E-state index is 11.4. The van der Waals surface area contributed by atoms with Crippen LogP contribution in [0.5, 0.6) is 0 Å². The van der Waals surface area contributed by atoms with Gasteiger partial charge >= 0.3 is 0 Å². The molecule has 0 bridgehead atoms. The minimum Gasteiger partial charge on any atom is -0.195 e. The fourth-order valence-electron chi connectivity index (χ4n) is 0.775. The van der Waals surface area contributed by atoms with E-state index in [9.17, 15) is 8.42 Å². The quantitative estimate of drug-likeness (QED) is 0.640. The van der Waals surface area contributed by atoms with E-state index in [-0.39, 0.29) is 0 Å². The van der Waals surface area contributed by atoms with Crippen molar-refractivity contribution in [1.82, 2.24) is 8.61 Å². The third-order valence-corrected chi connectivity index (χ3v) is 3.58. The highest BCUT2D eigenvalue weighted by atomic mass is 32.2. The molecular weight excluding hydrogens is 176 g/mol. The zero-order valence-electron chi connectivity index (χ0n) is 8.24. The lowest BCUT2D eigenvalue weighted by Gasteiger charge is -2.20. The van der Waals surface area contributed by atoms with Gasteiger partial charge < -0.3 is 0 Å². The Kier molecular flexibility index (Phi) is 4.74. The molecular formula is C7H18N2O2S. The second-order valence-electron chi connectivity index (χ2n) is 2.97. The van der Waals surface area contributed by atoms with Crippen LogP contribution in [-0.2, 0) is 10.2 Å². The van der Waals surface area contributed by atoms with Crippen LogP contribution < -0.4 is 0 Å². The molecule has 0 aliphatic rings. The van der Waals surface area contributed by atoms with Crippen LogP contribution in [0, 0.1) is 0 Å². The van der Waals surface area contributed by atoms with Crippen LogP contribution in [0.4, 0.5) is 0 Å².